The van der Waals surface area contributed by atoms with E-state index in [1.165, 1.54) is 29.0 Å². The molecule has 4 aliphatic rings. The number of aromatic amines is 1. The predicted molar refractivity (Wildman–Crippen MR) is 250 cm³/mol. The number of hydrogen-bond acceptors (Lipinski definition) is 12. The molecular weight excluding hydrogens is 870 g/mol. The highest BCUT2D eigenvalue weighted by Gasteiger charge is 2.34. The maximum absolute atomic E-state index is 14.1. The van der Waals surface area contributed by atoms with Crippen molar-refractivity contribution in [3.63, 3.8) is 0 Å². The van der Waals surface area contributed by atoms with Gasteiger partial charge in [-0.1, -0.05) is 43.2 Å². The molecular formula is C48H54ClN7O8S. The lowest BCUT2D eigenvalue weighted by Gasteiger charge is -2.39. The Morgan fingerprint density at radius 2 is 1.85 bits per heavy atom. The van der Waals surface area contributed by atoms with E-state index < -0.39 is 25.7 Å². The number of amides is 1. The molecule has 1 amide bonds. The Kier molecular flexibility index (Phi) is 12.6. The number of ether oxygens (including phenoxy) is 3. The van der Waals surface area contributed by atoms with Crippen LogP contribution in [-0.2, 0) is 21.2 Å². The summed E-state index contributed by atoms with van der Waals surface area (Å²) in [4.78, 5) is 39.9. The van der Waals surface area contributed by atoms with Gasteiger partial charge in [0.05, 0.1) is 46.5 Å². The van der Waals surface area contributed by atoms with Crippen LogP contribution in [0, 0.1) is 21.4 Å². The van der Waals surface area contributed by atoms with Crippen LogP contribution in [0.2, 0.25) is 5.02 Å². The first-order chi connectivity index (χ1) is 31.2. The number of benzene rings is 3. The van der Waals surface area contributed by atoms with E-state index in [2.05, 4.69) is 55.4 Å². The Hall–Kier alpha value is -5.52. The molecule has 3 aliphatic heterocycles. The molecule has 17 heteroatoms. The highest BCUT2D eigenvalue weighted by atomic mass is 35.5. The number of anilines is 1. The van der Waals surface area contributed by atoms with Crippen LogP contribution in [0.25, 0.3) is 16.6 Å². The first-order valence-corrected chi connectivity index (χ1v) is 24.1. The number of nitro groups is 1. The molecule has 1 aliphatic carbocycles. The smallest absolute Gasteiger partial charge is 0.277 e. The van der Waals surface area contributed by atoms with Crippen LogP contribution in [-0.4, -0.2) is 111 Å². The number of aromatic nitrogens is 2. The lowest BCUT2D eigenvalue weighted by molar-refractivity contribution is -0.386. The largest absolute Gasteiger partial charge is 0.493 e. The second-order valence-electron chi connectivity index (χ2n) is 18.5. The van der Waals surface area contributed by atoms with Crippen LogP contribution in [0.4, 0.5) is 11.4 Å². The number of fused-ring (bicyclic) bond motifs is 2. The summed E-state index contributed by atoms with van der Waals surface area (Å²) in [6.45, 7) is 13.7. The number of nitrogens with one attached hydrogen (secondary N) is 2. The topological polar surface area (TPSA) is 172 Å². The van der Waals surface area contributed by atoms with Crippen LogP contribution in [0.5, 0.6) is 17.2 Å². The average molecular weight is 925 g/mol. The summed E-state index contributed by atoms with van der Waals surface area (Å²) in [5, 5.41) is 13.9. The van der Waals surface area contributed by atoms with E-state index >= 15 is 0 Å². The van der Waals surface area contributed by atoms with Crippen LogP contribution < -0.4 is 19.1 Å². The van der Waals surface area contributed by atoms with Crippen molar-refractivity contribution in [3.05, 3.63) is 117 Å². The van der Waals surface area contributed by atoms with E-state index in [0.29, 0.717) is 36.5 Å². The van der Waals surface area contributed by atoms with Crippen molar-refractivity contribution >= 4 is 55.5 Å². The number of hydrogen-bond donors (Lipinski definition) is 2. The Morgan fingerprint density at radius 1 is 1.05 bits per heavy atom. The molecule has 2 fully saturated rings. The number of allylic oxidation sites excluding steroid dienone is 1. The van der Waals surface area contributed by atoms with Gasteiger partial charge in [-0.3, -0.25) is 24.7 Å². The Bertz CT molecular complexity index is 2750. The van der Waals surface area contributed by atoms with Crippen molar-refractivity contribution in [1.82, 2.24) is 24.5 Å². The zero-order valence-corrected chi connectivity index (χ0v) is 38.4. The van der Waals surface area contributed by atoms with Gasteiger partial charge >= 0.3 is 0 Å². The molecule has 5 heterocycles. The molecule has 2 aromatic heterocycles. The van der Waals surface area contributed by atoms with Crippen molar-refractivity contribution in [2.75, 3.05) is 70.5 Å². The third-order valence-corrected chi connectivity index (χ3v) is 14.6. The van der Waals surface area contributed by atoms with E-state index in [1.807, 2.05) is 25.1 Å². The van der Waals surface area contributed by atoms with E-state index in [0.717, 1.165) is 87.2 Å². The van der Waals surface area contributed by atoms with E-state index in [9.17, 15) is 23.3 Å². The lowest BCUT2D eigenvalue weighted by Crippen LogP contribution is -2.47. The molecule has 15 nitrogen and oxygen atoms in total. The molecule has 0 unspecified atom stereocenters. The van der Waals surface area contributed by atoms with Crippen molar-refractivity contribution in [2.24, 2.45) is 11.3 Å². The summed E-state index contributed by atoms with van der Waals surface area (Å²) in [6.07, 6.45) is 6.91. The number of H-pyrrole nitrogens is 1. The second-order valence-corrected chi connectivity index (χ2v) is 20.6. The van der Waals surface area contributed by atoms with Gasteiger partial charge in [0.1, 0.15) is 22.9 Å². The van der Waals surface area contributed by atoms with Gasteiger partial charge < -0.3 is 24.1 Å². The number of nitro benzene ring substituents is 1. The maximum Gasteiger partial charge on any atom is 0.277 e. The summed E-state index contributed by atoms with van der Waals surface area (Å²) < 4.78 is 48.1. The molecule has 342 valence electrons. The molecule has 2 saturated heterocycles. The van der Waals surface area contributed by atoms with Gasteiger partial charge in [-0.15, -0.1) is 0 Å². The number of sulfonamides is 1. The fourth-order valence-electron chi connectivity index (χ4n) is 9.57. The SMILES string of the molecule is C[C@@H]1CN(C[C@H]2COc3cc(S(=O)(=O)NC(=O)c4ccc(N5CCN(CC6=C(c7ccc(Cl)cc7)CC(C)(C)CC6)CC5)cc4Oc4cnc5[nH]ccc5c4)cc([N+](=O)[O-])c3C2)CCO1. The van der Waals surface area contributed by atoms with Gasteiger partial charge in [0, 0.05) is 98.8 Å². The van der Waals surface area contributed by atoms with Gasteiger partial charge in [0.2, 0.25) is 0 Å². The third kappa shape index (κ3) is 10.2. The molecule has 0 spiro atoms. The quantitative estimate of drug-likeness (QED) is 0.0912. The molecule has 65 heavy (non-hydrogen) atoms. The zero-order chi connectivity index (χ0) is 45.5. The molecule has 0 bridgehead atoms. The molecule has 3 aromatic carbocycles. The van der Waals surface area contributed by atoms with E-state index in [-0.39, 0.29) is 46.8 Å². The fourth-order valence-corrected chi connectivity index (χ4v) is 10.7. The highest BCUT2D eigenvalue weighted by molar-refractivity contribution is 7.90. The molecule has 9 rings (SSSR count). The lowest BCUT2D eigenvalue weighted by atomic mass is 9.72. The molecule has 5 aromatic rings. The van der Waals surface area contributed by atoms with Crippen LogP contribution >= 0.6 is 11.6 Å². The minimum Gasteiger partial charge on any atom is -0.493 e. The number of piperazine rings is 1. The minimum atomic E-state index is -4.63. The van der Waals surface area contributed by atoms with Crippen molar-refractivity contribution in [3.8, 4) is 17.2 Å². The monoisotopic (exact) mass is 923 g/mol. The highest BCUT2D eigenvalue weighted by Crippen LogP contribution is 2.44. The summed E-state index contributed by atoms with van der Waals surface area (Å²) >= 11 is 6.25. The minimum absolute atomic E-state index is 0.0342. The number of nitrogens with zero attached hydrogens (tertiary/aromatic N) is 5. The van der Waals surface area contributed by atoms with Gasteiger partial charge in [0.25, 0.3) is 21.6 Å². The van der Waals surface area contributed by atoms with Crippen molar-refractivity contribution in [1.29, 1.82) is 0 Å². The standard InChI is InChI=1S/C48H54ClN7O8S/c1-31-27-54(18-19-62-31)28-32-20-41-43(56(58)59)23-39(24-44(41)63-30-32)65(60,61)52-47(57)40-9-8-37(22-45(40)64-38-21-34-11-13-50-46(34)51-26-38)55-16-14-53(15-17-55)29-35-10-12-48(2,3)25-42(35)33-4-6-36(49)7-5-33/h4-9,11,13,21-24,26,31-32H,10,12,14-20,25,27-30H2,1-3H3,(H,50,51)(H,52,57)/t31-,32+/m1/s1. The van der Waals surface area contributed by atoms with Crippen molar-refractivity contribution < 1.29 is 32.3 Å². The first kappa shape index (κ1) is 44.7. The summed E-state index contributed by atoms with van der Waals surface area (Å²) in [5.41, 5.74) is 5.70. The maximum atomic E-state index is 14.1. The normalized spacial score (nSPS) is 20.6. The van der Waals surface area contributed by atoms with Gasteiger partial charge in [-0.25, -0.2) is 18.1 Å². The Labute approximate surface area is 383 Å². The summed E-state index contributed by atoms with van der Waals surface area (Å²) in [7, 11) is -4.63. The number of halogens is 1. The van der Waals surface area contributed by atoms with Gasteiger partial charge in [0.15, 0.2) is 0 Å². The Balaban J connectivity index is 0.935. The first-order valence-electron chi connectivity index (χ1n) is 22.2. The number of rotatable bonds is 12. The van der Waals surface area contributed by atoms with Crippen LogP contribution in [0.15, 0.2) is 89.6 Å². The molecule has 2 N–H and O–H groups in total. The van der Waals surface area contributed by atoms with Crippen LogP contribution in [0.3, 0.4) is 0 Å². The predicted octanol–water partition coefficient (Wildman–Crippen LogP) is 8.09. The second kappa shape index (κ2) is 18.4. The zero-order valence-electron chi connectivity index (χ0n) is 36.8. The van der Waals surface area contributed by atoms with Gasteiger partial charge in [-0.05, 0) is 85.6 Å². The van der Waals surface area contributed by atoms with Crippen LogP contribution in [0.1, 0.15) is 61.5 Å². The molecule has 0 saturated carbocycles. The molecule has 2 atom stereocenters. The van der Waals surface area contributed by atoms with E-state index in [4.69, 9.17) is 25.8 Å². The number of carbonyl (C=O) groups excluding carboxylic acids is 1. The van der Waals surface area contributed by atoms with Crippen molar-refractivity contribution in [2.45, 2.75) is 57.5 Å². The van der Waals surface area contributed by atoms with Gasteiger partial charge in [-0.2, -0.15) is 0 Å². The number of morpholine rings is 1. The Morgan fingerprint density at radius 3 is 2.62 bits per heavy atom. The third-order valence-electron chi connectivity index (χ3n) is 13.0. The summed E-state index contributed by atoms with van der Waals surface area (Å²) in [5.74, 6) is -0.416. The number of pyridine rings is 1. The fraction of sp³-hybridized carbons (Fsp3) is 0.417. The average Bonchev–Trinajstić information content (AvgIpc) is 3.75. The summed E-state index contributed by atoms with van der Waals surface area (Å²) in [6, 6.07) is 19.1. The number of carbonyl (C=O) groups is 1. The van der Waals surface area contributed by atoms with E-state index in [1.54, 1.807) is 30.5 Å². The molecule has 0 radical (unpaired) electrons.